The number of ether oxygens (including phenoxy) is 1. The number of carbonyl (C=O) groups is 1. The maximum atomic E-state index is 12.9. The van der Waals surface area contributed by atoms with E-state index in [4.69, 9.17) is 27.9 Å². The molecule has 0 aliphatic carbocycles. The van der Waals surface area contributed by atoms with Crippen molar-refractivity contribution < 1.29 is 14.5 Å². The first-order valence-corrected chi connectivity index (χ1v) is 11.8. The van der Waals surface area contributed by atoms with Crippen LogP contribution in [0.1, 0.15) is 38.8 Å². The van der Waals surface area contributed by atoms with Crippen LogP contribution in [0.25, 0.3) is 6.08 Å². The Hall–Kier alpha value is -2.55. The van der Waals surface area contributed by atoms with Crippen LogP contribution in [0.3, 0.4) is 0 Å². The molecule has 3 rings (SSSR count). The van der Waals surface area contributed by atoms with E-state index in [0.29, 0.717) is 31.4 Å². The Balaban J connectivity index is 1.80. The smallest absolute Gasteiger partial charge is 0.269 e. The minimum absolute atomic E-state index is 0.00386. The van der Waals surface area contributed by atoms with Gasteiger partial charge >= 0.3 is 0 Å². The molecule has 0 N–H and O–H groups in total. The van der Waals surface area contributed by atoms with Gasteiger partial charge < -0.3 is 4.74 Å². The number of rotatable bonds is 7. The molecule has 1 heterocycles. The highest BCUT2D eigenvalue weighted by atomic mass is 35.5. The lowest BCUT2D eigenvalue weighted by Gasteiger charge is -2.20. The minimum atomic E-state index is -0.461. The average molecular weight is 508 g/mol. The molecule has 0 bridgehead atoms. The molecule has 10 heteroatoms. The molecule has 1 amide bonds. The monoisotopic (exact) mass is 507 g/mol. The van der Waals surface area contributed by atoms with E-state index in [9.17, 15) is 14.9 Å². The molecular formula is C23H23Cl2N3O4S. The van der Waals surface area contributed by atoms with Crippen molar-refractivity contribution in [1.29, 1.82) is 0 Å². The van der Waals surface area contributed by atoms with Gasteiger partial charge in [-0.05, 0) is 80.9 Å². The fourth-order valence-electron chi connectivity index (χ4n) is 3.07. The fraction of sp³-hybridized carbons (Fsp3) is 0.304. The van der Waals surface area contributed by atoms with Gasteiger partial charge in [-0.25, -0.2) is 0 Å². The molecule has 1 fully saturated rings. The number of thioether (sulfide) groups is 1. The van der Waals surface area contributed by atoms with Crippen molar-refractivity contribution in [2.75, 3.05) is 0 Å². The Morgan fingerprint density at radius 3 is 2.27 bits per heavy atom. The molecule has 1 aliphatic rings. The number of nitro groups is 1. The molecule has 0 aromatic heterocycles. The zero-order valence-corrected chi connectivity index (χ0v) is 20.9. The van der Waals surface area contributed by atoms with Crippen molar-refractivity contribution in [2.45, 2.75) is 46.4 Å². The molecule has 7 nitrogen and oxygen atoms in total. The lowest BCUT2D eigenvalue weighted by Crippen LogP contribution is -2.35. The van der Waals surface area contributed by atoms with Crippen molar-refractivity contribution in [1.82, 2.24) is 4.90 Å². The topological polar surface area (TPSA) is 85.0 Å². The predicted molar refractivity (Wildman–Crippen MR) is 134 cm³/mol. The number of hydrogen-bond donors (Lipinski definition) is 0. The molecule has 0 radical (unpaired) electrons. The van der Waals surface area contributed by atoms with E-state index in [1.54, 1.807) is 35.2 Å². The number of carbonyl (C=O) groups excluding carboxylic acids is 1. The van der Waals surface area contributed by atoms with Crippen LogP contribution in [0.15, 0.2) is 46.3 Å². The van der Waals surface area contributed by atoms with Gasteiger partial charge in [0.25, 0.3) is 11.6 Å². The average Bonchev–Trinajstić information content (AvgIpc) is 3.01. The van der Waals surface area contributed by atoms with E-state index < -0.39 is 4.92 Å². The number of benzene rings is 2. The van der Waals surface area contributed by atoms with Crippen LogP contribution < -0.4 is 4.74 Å². The summed E-state index contributed by atoms with van der Waals surface area (Å²) >= 11 is 14.2. The van der Waals surface area contributed by atoms with Crippen LogP contribution >= 0.6 is 35.0 Å². The van der Waals surface area contributed by atoms with Gasteiger partial charge in [-0.2, -0.15) is 0 Å². The van der Waals surface area contributed by atoms with E-state index in [1.165, 1.54) is 23.9 Å². The summed E-state index contributed by atoms with van der Waals surface area (Å²) < 4.78 is 5.76. The Labute approximate surface area is 206 Å². The zero-order chi connectivity index (χ0) is 24.3. The third-order valence-electron chi connectivity index (χ3n) is 4.57. The summed E-state index contributed by atoms with van der Waals surface area (Å²) in [7, 11) is 0. The number of amides is 1. The van der Waals surface area contributed by atoms with E-state index in [0.717, 1.165) is 5.56 Å². The standard InChI is InChI=1S/C23H23Cl2N3O4S/c1-13(2)26-23-27(14(3)4)22(29)20(33-23)11-16-9-18(24)21(19(25)10-16)32-12-15-5-7-17(8-6-15)28(30)31/h5-11,13-14H,12H2,1-4H3/b20-11+,26-23?. The molecule has 0 saturated carbocycles. The first-order valence-electron chi connectivity index (χ1n) is 10.2. The van der Waals surface area contributed by atoms with Gasteiger partial charge in [0.15, 0.2) is 10.9 Å². The van der Waals surface area contributed by atoms with Gasteiger partial charge in [0.2, 0.25) is 0 Å². The molecule has 174 valence electrons. The normalized spacial score (nSPS) is 16.5. The summed E-state index contributed by atoms with van der Waals surface area (Å²) in [6.45, 7) is 7.97. The van der Waals surface area contributed by atoms with Crippen molar-refractivity contribution in [3.05, 3.63) is 72.6 Å². The van der Waals surface area contributed by atoms with Crippen LogP contribution in [0, 0.1) is 10.1 Å². The predicted octanol–water partition coefficient (Wildman–Crippen LogP) is 6.57. The van der Waals surface area contributed by atoms with E-state index in [1.807, 2.05) is 27.7 Å². The fourth-order valence-corrected chi connectivity index (χ4v) is 4.92. The third kappa shape index (κ3) is 6.07. The maximum absolute atomic E-state index is 12.9. The number of nitrogens with zero attached hydrogens (tertiary/aromatic N) is 3. The maximum Gasteiger partial charge on any atom is 0.269 e. The van der Waals surface area contributed by atoms with Crippen LogP contribution in [-0.2, 0) is 11.4 Å². The molecule has 2 aromatic carbocycles. The SMILES string of the molecule is CC(C)N=C1S/C(=C/c2cc(Cl)c(OCc3ccc([N+](=O)[O-])cc3)c(Cl)c2)C(=O)N1C(C)C. The molecular weight excluding hydrogens is 485 g/mol. The Bertz CT molecular complexity index is 1110. The molecule has 0 unspecified atom stereocenters. The van der Waals surface area contributed by atoms with Crippen LogP contribution in [0.2, 0.25) is 10.0 Å². The Morgan fingerprint density at radius 2 is 1.76 bits per heavy atom. The molecule has 1 saturated heterocycles. The van der Waals surface area contributed by atoms with Crippen molar-refractivity contribution in [3.8, 4) is 5.75 Å². The van der Waals surface area contributed by atoms with Gasteiger partial charge in [0.1, 0.15) is 6.61 Å². The Morgan fingerprint density at radius 1 is 1.15 bits per heavy atom. The lowest BCUT2D eigenvalue weighted by atomic mass is 10.2. The summed E-state index contributed by atoms with van der Waals surface area (Å²) in [5.74, 6) is 0.190. The quantitative estimate of drug-likeness (QED) is 0.240. The van der Waals surface area contributed by atoms with Gasteiger partial charge in [-0.15, -0.1) is 0 Å². The molecule has 2 aromatic rings. The number of amidine groups is 1. The van der Waals surface area contributed by atoms with Gasteiger partial charge in [-0.3, -0.25) is 24.8 Å². The van der Waals surface area contributed by atoms with E-state index in [2.05, 4.69) is 4.99 Å². The summed E-state index contributed by atoms with van der Waals surface area (Å²) in [6, 6.07) is 9.44. The van der Waals surface area contributed by atoms with Crippen LogP contribution in [0.4, 0.5) is 5.69 Å². The van der Waals surface area contributed by atoms with Gasteiger partial charge in [-0.1, -0.05) is 23.2 Å². The van der Waals surface area contributed by atoms with Crippen molar-refractivity contribution in [2.24, 2.45) is 4.99 Å². The van der Waals surface area contributed by atoms with Crippen LogP contribution in [0.5, 0.6) is 5.75 Å². The highest BCUT2D eigenvalue weighted by Gasteiger charge is 2.35. The molecule has 33 heavy (non-hydrogen) atoms. The van der Waals surface area contributed by atoms with E-state index in [-0.39, 0.29) is 30.3 Å². The Kier molecular flexibility index (Phi) is 8.05. The van der Waals surface area contributed by atoms with E-state index >= 15 is 0 Å². The molecule has 0 atom stereocenters. The largest absolute Gasteiger partial charge is 0.486 e. The second kappa shape index (κ2) is 10.6. The van der Waals surface area contributed by atoms with Crippen LogP contribution in [-0.4, -0.2) is 33.0 Å². The molecule has 0 spiro atoms. The number of halogens is 2. The van der Waals surface area contributed by atoms with Gasteiger partial charge in [0.05, 0.1) is 19.9 Å². The lowest BCUT2D eigenvalue weighted by molar-refractivity contribution is -0.384. The number of non-ortho nitro benzene ring substituents is 1. The summed E-state index contributed by atoms with van der Waals surface area (Å²) in [6.07, 6.45) is 1.74. The summed E-state index contributed by atoms with van der Waals surface area (Å²) in [5.41, 5.74) is 1.40. The first kappa shape index (κ1) is 25.1. The number of hydrogen-bond acceptors (Lipinski definition) is 6. The molecule has 1 aliphatic heterocycles. The summed E-state index contributed by atoms with van der Waals surface area (Å²) in [4.78, 5) is 30.0. The first-order chi connectivity index (χ1) is 15.6. The number of aliphatic imine (C=N–C) groups is 1. The highest BCUT2D eigenvalue weighted by Crippen LogP contribution is 2.38. The highest BCUT2D eigenvalue weighted by molar-refractivity contribution is 8.18. The van der Waals surface area contributed by atoms with Gasteiger partial charge in [0, 0.05) is 24.2 Å². The number of nitro benzene ring substituents is 1. The third-order valence-corrected chi connectivity index (χ3v) is 6.13. The van der Waals surface area contributed by atoms with Crippen molar-refractivity contribution in [3.63, 3.8) is 0 Å². The summed E-state index contributed by atoms with van der Waals surface area (Å²) in [5, 5.41) is 12.0. The zero-order valence-electron chi connectivity index (χ0n) is 18.5. The second-order valence-corrected chi connectivity index (χ2v) is 9.73. The van der Waals surface area contributed by atoms with Crippen molar-refractivity contribution >= 4 is 57.8 Å². The second-order valence-electron chi connectivity index (χ2n) is 7.91. The minimum Gasteiger partial charge on any atom is -0.486 e.